The average Bonchev–Trinajstić information content (AvgIpc) is 3.20. The highest BCUT2D eigenvalue weighted by molar-refractivity contribution is 5.85. The van der Waals surface area contributed by atoms with E-state index in [4.69, 9.17) is 4.74 Å². The molecule has 1 fully saturated rings. The van der Waals surface area contributed by atoms with Gasteiger partial charge in [0.2, 0.25) is 0 Å². The maximum absolute atomic E-state index is 15.7. The summed E-state index contributed by atoms with van der Waals surface area (Å²) in [6, 6.07) is 9.32. The highest BCUT2D eigenvalue weighted by Gasteiger charge is 2.41. The fourth-order valence-electron chi connectivity index (χ4n) is 5.71. The first-order valence-electron chi connectivity index (χ1n) is 13.1. The Labute approximate surface area is 215 Å². The predicted molar refractivity (Wildman–Crippen MR) is 138 cm³/mol. The maximum atomic E-state index is 15.7. The summed E-state index contributed by atoms with van der Waals surface area (Å²) in [5.41, 5.74) is 1.00. The average molecular weight is 518 g/mol. The Kier molecular flexibility index (Phi) is 7.24. The van der Waals surface area contributed by atoms with E-state index in [1.165, 1.54) is 19.1 Å². The summed E-state index contributed by atoms with van der Waals surface area (Å²) in [5, 5.41) is 1.02. The van der Waals surface area contributed by atoms with Crippen LogP contribution in [0.4, 0.5) is 17.6 Å². The number of hydrogen-bond acceptors (Lipinski definition) is 3. The smallest absolute Gasteiger partial charge is 0.135 e. The van der Waals surface area contributed by atoms with E-state index in [2.05, 4.69) is 4.98 Å². The van der Waals surface area contributed by atoms with Gasteiger partial charge < -0.3 is 9.72 Å². The fourth-order valence-corrected chi connectivity index (χ4v) is 5.71. The summed E-state index contributed by atoms with van der Waals surface area (Å²) in [6.45, 7) is 7.20. The predicted octanol–water partition coefficient (Wildman–Crippen LogP) is 6.20. The number of rotatable bonds is 9. The van der Waals surface area contributed by atoms with Crippen molar-refractivity contribution in [3.63, 3.8) is 0 Å². The Morgan fingerprint density at radius 1 is 1.14 bits per heavy atom. The van der Waals surface area contributed by atoms with Crippen LogP contribution in [0.5, 0.6) is 5.75 Å². The van der Waals surface area contributed by atoms with Gasteiger partial charge in [-0.15, -0.1) is 0 Å². The first kappa shape index (κ1) is 26.0. The number of nitrogens with one attached hydrogen (secondary N) is 1. The molecule has 3 aromatic rings. The van der Waals surface area contributed by atoms with Crippen LogP contribution in [-0.2, 0) is 6.42 Å². The molecule has 0 spiro atoms. The van der Waals surface area contributed by atoms with E-state index < -0.39 is 23.3 Å². The van der Waals surface area contributed by atoms with E-state index in [0.717, 1.165) is 16.5 Å². The Bertz CT molecular complexity index is 1230. The number of halogens is 4. The summed E-state index contributed by atoms with van der Waals surface area (Å²) in [5.74, 6) is -1.26. The normalized spacial score (nSPS) is 22.6. The SMILES string of the molecule is CC[C@@](C)(F)CN1[C@H](c2c(F)cc(OCCN3CC(CF)C3)cc2F)c2[nH]c3ccccc3c2C[C@H]1C. The molecule has 0 unspecified atom stereocenters. The standard InChI is InChI=1S/C29H35F4N3O/c1-4-29(3,33)17-36-18(2)11-22-21-7-5-6-8-25(21)34-27(22)28(36)26-23(31)12-20(13-24(26)32)37-10-9-35-15-19(14-30)16-35/h5-8,12-13,18-19,28,34H,4,9-11,14-17H2,1-3H3/t18-,28-,29-/m1/s1. The second kappa shape index (κ2) is 10.3. The molecule has 0 bridgehead atoms. The van der Waals surface area contributed by atoms with Crippen molar-refractivity contribution in [1.29, 1.82) is 0 Å². The molecule has 37 heavy (non-hydrogen) atoms. The summed E-state index contributed by atoms with van der Waals surface area (Å²) < 4.78 is 65.0. The number of fused-ring (bicyclic) bond motifs is 3. The molecule has 1 N–H and O–H groups in total. The highest BCUT2D eigenvalue weighted by Crippen LogP contribution is 2.44. The van der Waals surface area contributed by atoms with Crippen molar-refractivity contribution in [3.05, 3.63) is 64.9 Å². The van der Waals surface area contributed by atoms with Crippen molar-refractivity contribution in [3.8, 4) is 5.75 Å². The Morgan fingerprint density at radius 2 is 1.84 bits per heavy atom. The number of ether oxygens (including phenoxy) is 1. The van der Waals surface area contributed by atoms with Crippen molar-refractivity contribution >= 4 is 10.9 Å². The van der Waals surface area contributed by atoms with Gasteiger partial charge in [-0.1, -0.05) is 25.1 Å². The van der Waals surface area contributed by atoms with E-state index >= 15 is 13.2 Å². The largest absolute Gasteiger partial charge is 0.492 e. The second-order valence-electron chi connectivity index (χ2n) is 10.9. The number of aromatic amines is 1. The molecule has 0 saturated carbocycles. The molecular weight excluding hydrogens is 482 g/mol. The number of benzene rings is 2. The molecule has 4 nitrogen and oxygen atoms in total. The molecule has 0 aliphatic carbocycles. The molecule has 0 radical (unpaired) electrons. The van der Waals surface area contributed by atoms with E-state index in [-0.39, 0.29) is 43.1 Å². The van der Waals surface area contributed by atoms with Crippen molar-refractivity contribution in [1.82, 2.24) is 14.8 Å². The van der Waals surface area contributed by atoms with Crippen LogP contribution in [0.2, 0.25) is 0 Å². The van der Waals surface area contributed by atoms with E-state index in [1.54, 1.807) is 6.92 Å². The lowest BCUT2D eigenvalue weighted by Crippen LogP contribution is -2.49. The first-order chi connectivity index (χ1) is 17.7. The van der Waals surface area contributed by atoms with Crippen LogP contribution >= 0.6 is 0 Å². The van der Waals surface area contributed by atoms with Gasteiger partial charge in [0.15, 0.2) is 0 Å². The fraction of sp³-hybridized carbons (Fsp3) is 0.517. The molecule has 8 heteroatoms. The molecule has 3 heterocycles. The molecule has 2 aliphatic heterocycles. The van der Waals surface area contributed by atoms with Gasteiger partial charge in [0, 0.05) is 72.4 Å². The lowest BCUT2D eigenvalue weighted by atomic mass is 9.86. The zero-order valence-electron chi connectivity index (χ0n) is 21.7. The van der Waals surface area contributed by atoms with Crippen LogP contribution in [0, 0.1) is 17.6 Å². The third-order valence-corrected chi connectivity index (χ3v) is 8.02. The highest BCUT2D eigenvalue weighted by atomic mass is 19.1. The number of aromatic nitrogens is 1. The monoisotopic (exact) mass is 517 g/mol. The van der Waals surface area contributed by atoms with Gasteiger partial charge in [-0.25, -0.2) is 13.2 Å². The van der Waals surface area contributed by atoms with Gasteiger partial charge >= 0.3 is 0 Å². The molecule has 2 aliphatic rings. The lowest BCUT2D eigenvalue weighted by Gasteiger charge is -2.43. The van der Waals surface area contributed by atoms with E-state index in [1.807, 2.05) is 41.0 Å². The topological polar surface area (TPSA) is 31.5 Å². The number of hydrogen-bond donors (Lipinski definition) is 1. The minimum atomic E-state index is -1.51. The zero-order chi connectivity index (χ0) is 26.3. The van der Waals surface area contributed by atoms with Crippen LogP contribution in [0.1, 0.15) is 50.1 Å². The minimum Gasteiger partial charge on any atom is -0.492 e. The van der Waals surface area contributed by atoms with Gasteiger partial charge in [-0.05, 0) is 38.3 Å². The van der Waals surface area contributed by atoms with Gasteiger partial charge in [-0.3, -0.25) is 14.2 Å². The molecule has 2 aromatic carbocycles. The van der Waals surface area contributed by atoms with Crippen molar-refractivity contribution in [2.24, 2.45) is 5.92 Å². The van der Waals surface area contributed by atoms with Crippen molar-refractivity contribution in [2.45, 2.75) is 51.4 Å². The van der Waals surface area contributed by atoms with Gasteiger partial charge in [0.1, 0.15) is 29.7 Å². The third-order valence-electron chi connectivity index (χ3n) is 8.02. The number of alkyl halides is 2. The van der Waals surface area contributed by atoms with Crippen LogP contribution < -0.4 is 4.74 Å². The van der Waals surface area contributed by atoms with Gasteiger partial charge in [0.25, 0.3) is 0 Å². The summed E-state index contributed by atoms with van der Waals surface area (Å²) in [7, 11) is 0. The van der Waals surface area contributed by atoms with Crippen LogP contribution in [0.15, 0.2) is 36.4 Å². The zero-order valence-corrected chi connectivity index (χ0v) is 21.7. The first-order valence-corrected chi connectivity index (χ1v) is 13.1. The number of para-hydroxylation sites is 1. The van der Waals surface area contributed by atoms with Crippen molar-refractivity contribution in [2.75, 3.05) is 39.5 Å². The third kappa shape index (κ3) is 5.10. The molecule has 1 saturated heterocycles. The number of H-pyrrole nitrogens is 1. The molecule has 0 amide bonds. The lowest BCUT2D eigenvalue weighted by molar-refractivity contribution is 0.0514. The molecule has 1 aromatic heterocycles. The molecule has 200 valence electrons. The van der Waals surface area contributed by atoms with E-state index in [9.17, 15) is 4.39 Å². The molecule has 5 rings (SSSR count). The summed E-state index contributed by atoms with van der Waals surface area (Å²) in [6.07, 6.45) is 0.948. The Morgan fingerprint density at radius 3 is 2.51 bits per heavy atom. The van der Waals surface area contributed by atoms with Crippen molar-refractivity contribution < 1.29 is 22.3 Å². The summed E-state index contributed by atoms with van der Waals surface area (Å²) in [4.78, 5) is 7.33. The van der Waals surface area contributed by atoms with Crippen LogP contribution in [0.3, 0.4) is 0 Å². The molecular formula is C29H35F4N3O. The number of likely N-dealkylation sites (tertiary alicyclic amines) is 1. The summed E-state index contributed by atoms with van der Waals surface area (Å²) >= 11 is 0. The van der Waals surface area contributed by atoms with E-state index in [0.29, 0.717) is 38.2 Å². The molecule has 3 atom stereocenters. The quantitative estimate of drug-likeness (QED) is 0.343. The Balaban J connectivity index is 1.47. The van der Waals surface area contributed by atoms with Gasteiger partial charge in [-0.2, -0.15) is 0 Å². The minimum absolute atomic E-state index is 0.0526. The second-order valence-corrected chi connectivity index (χ2v) is 10.9. The van der Waals surface area contributed by atoms with Gasteiger partial charge in [0.05, 0.1) is 12.7 Å². The maximum Gasteiger partial charge on any atom is 0.135 e. The Hall–Kier alpha value is -2.58. The van der Waals surface area contributed by atoms with Crippen LogP contribution in [-0.4, -0.2) is 66.0 Å². The van der Waals surface area contributed by atoms with Crippen LogP contribution in [0.25, 0.3) is 10.9 Å². The number of nitrogens with zero attached hydrogens (tertiary/aromatic N) is 2.